The van der Waals surface area contributed by atoms with Crippen LogP contribution in [0, 0.1) is 11.6 Å². The zero-order chi connectivity index (χ0) is 13.1. The van der Waals surface area contributed by atoms with Crippen molar-refractivity contribution in [2.24, 2.45) is 5.84 Å². The van der Waals surface area contributed by atoms with E-state index in [1.165, 1.54) is 30.5 Å². The Morgan fingerprint density at radius 2 is 2.00 bits per heavy atom. The number of hydrazine groups is 1. The summed E-state index contributed by atoms with van der Waals surface area (Å²) in [7, 11) is 0. The van der Waals surface area contributed by atoms with Gasteiger partial charge in [0.2, 0.25) is 0 Å². The first kappa shape index (κ1) is 12.9. The van der Waals surface area contributed by atoms with Crippen molar-refractivity contribution in [3.8, 4) is 0 Å². The van der Waals surface area contributed by atoms with Gasteiger partial charge in [-0.15, -0.1) is 0 Å². The van der Waals surface area contributed by atoms with Gasteiger partial charge in [-0.2, -0.15) is 0 Å². The highest BCUT2D eigenvalue weighted by atomic mass is 35.5. The van der Waals surface area contributed by atoms with Gasteiger partial charge in [0.1, 0.15) is 11.6 Å². The second-order valence-electron chi connectivity index (χ2n) is 3.67. The van der Waals surface area contributed by atoms with Crippen molar-refractivity contribution in [1.82, 2.24) is 10.4 Å². The number of nitrogens with two attached hydrogens (primary N) is 1. The van der Waals surface area contributed by atoms with Crippen LogP contribution < -0.4 is 11.3 Å². The molecule has 1 aromatic carbocycles. The number of nitrogens with one attached hydrogen (secondary N) is 1. The predicted molar refractivity (Wildman–Crippen MR) is 64.8 cm³/mol. The van der Waals surface area contributed by atoms with Crippen LogP contribution in [0.5, 0.6) is 0 Å². The van der Waals surface area contributed by atoms with E-state index >= 15 is 0 Å². The highest BCUT2D eigenvalue weighted by molar-refractivity contribution is 6.30. The van der Waals surface area contributed by atoms with Crippen molar-refractivity contribution in [3.05, 3.63) is 64.4 Å². The molecule has 6 heteroatoms. The molecule has 0 radical (unpaired) electrons. The van der Waals surface area contributed by atoms with Gasteiger partial charge in [-0.3, -0.25) is 10.8 Å². The summed E-state index contributed by atoms with van der Waals surface area (Å²) in [5.41, 5.74) is 3.35. The zero-order valence-corrected chi connectivity index (χ0v) is 9.96. The maximum atomic E-state index is 13.6. The van der Waals surface area contributed by atoms with Crippen LogP contribution in [0.25, 0.3) is 0 Å². The number of benzene rings is 1. The smallest absolute Gasteiger partial charge is 0.146 e. The summed E-state index contributed by atoms with van der Waals surface area (Å²) in [5.74, 6) is 4.39. The lowest BCUT2D eigenvalue weighted by molar-refractivity contribution is 0.554. The lowest BCUT2D eigenvalue weighted by atomic mass is 10.00. The highest BCUT2D eigenvalue weighted by Gasteiger charge is 2.17. The largest absolute Gasteiger partial charge is 0.271 e. The molecule has 0 amide bonds. The Balaban J connectivity index is 2.45. The summed E-state index contributed by atoms with van der Waals surface area (Å²) >= 11 is 5.69. The summed E-state index contributed by atoms with van der Waals surface area (Å²) in [5, 5.41) is -0.0396. The molecule has 1 heterocycles. The third-order valence-electron chi connectivity index (χ3n) is 2.56. The molecule has 0 saturated carbocycles. The van der Waals surface area contributed by atoms with Gasteiger partial charge >= 0.3 is 0 Å². The summed E-state index contributed by atoms with van der Waals surface area (Å²) in [6.07, 6.45) is 2.54. The molecule has 94 valence electrons. The Morgan fingerprint density at radius 1 is 1.22 bits per heavy atom. The van der Waals surface area contributed by atoms with Crippen molar-refractivity contribution in [3.63, 3.8) is 0 Å². The third kappa shape index (κ3) is 2.48. The fourth-order valence-electron chi connectivity index (χ4n) is 1.68. The molecule has 0 saturated heterocycles. The van der Waals surface area contributed by atoms with E-state index in [1.54, 1.807) is 0 Å². The maximum absolute atomic E-state index is 13.6. The minimum atomic E-state index is -0.619. The van der Waals surface area contributed by atoms with Crippen LogP contribution in [0.2, 0.25) is 5.02 Å². The first-order chi connectivity index (χ1) is 8.63. The molecule has 3 nitrogen and oxygen atoms in total. The Bertz CT molecular complexity index is 563. The lowest BCUT2D eigenvalue weighted by Gasteiger charge is -2.17. The fraction of sp³-hybridized carbons (Fsp3) is 0.0833. The van der Waals surface area contributed by atoms with Gasteiger partial charge in [0.25, 0.3) is 0 Å². The summed E-state index contributed by atoms with van der Waals surface area (Å²) in [6.45, 7) is 0. The first-order valence-corrected chi connectivity index (χ1v) is 5.51. The monoisotopic (exact) mass is 269 g/mol. The standard InChI is InChI=1S/C12H10ClF2N3/c13-9-5-7(1-2-10(9)14)12(18-16)8-3-4-17-6-11(8)15/h1-6,12,18H,16H2. The molecule has 18 heavy (non-hydrogen) atoms. The zero-order valence-electron chi connectivity index (χ0n) is 9.20. The Kier molecular flexibility index (Phi) is 3.86. The Labute approximate surface area is 108 Å². The normalized spacial score (nSPS) is 12.4. The SMILES string of the molecule is NNC(c1ccc(F)c(Cl)c1)c1ccncc1F. The highest BCUT2D eigenvalue weighted by Crippen LogP contribution is 2.26. The average Bonchev–Trinajstić information content (AvgIpc) is 2.37. The van der Waals surface area contributed by atoms with Gasteiger partial charge in [0.05, 0.1) is 17.3 Å². The maximum Gasteiger partial charge on any atom is 0.146 e. The number of hydrogen-bond donors (Lipinski definition) is 2. The number of rotatable bonds is 3. The molecule has 0 aliphatic carbocycles. The Hall–Kier alpha value is -1.56. The quantitative estimate of drug-likeness (QED) is 0.665. The summed E-state index contributed by atoms with van der Waals surface area (Å²) in [6, 6.07) is 4.98. The predicted octanol–water partition coefficient (Wildman–Crippen LogP) is 2.57. The molecule has 2 aromatic rings. The molecule has 1 atom stereocenters. The third-order valence-corrected chi connectivity index (χ3v) is 2.85. The van der Waals surface area contributed by atoms with Crippen LogP contribution in [-0.4, -0.2) is 4.98 Å². The molecule has 0 bridgehead atoms. The summed E-state index contributed by atoms with van der Waals surface area (Å²) in [4.78, 5) is 3.66. The molecule has 1 aromatic heterocycles. The first-order valence-electron chi connectivity index (χ1n) is 5.14. The number of hydrogen-bond acceptors (Lipinski definition) is 3. The lowest BCUT2D eigenvalue weighted by Crippen LogP contribution is -2.29. The molecule has 0 spiro atoms. The van der Waals surface area contributed by atoms with Gasteiger partial charge in [0.15, 0.2) is 0 Å². The minimum absolute atomic E-state index is 0.0396. The fourth-order valence-corrected chi connectivity index (χ4v) is 1.87. The average molecular weight is 270 g/mol. The molecular weight excluding hydrogens is 260 g/mol. The van der Waals surface area contributed by atoms with Gasteiger partial charge in [-0.05, 0) is 23.8 Å². The Morgan fingerprint density at radius 3 is 2.61 bits per heavy atom. The van der Waals surface area contributed by atoms with E-state index in [0.29, 0.717) is 11.1 Å². The van der Waals surface area contributed by atoms with Gasteiger partial charge in [0, 0.05) is 11.8 Å². The van der Waals surface area contributed by atoms with Crippen molar-refractivity contribution < 1.29 is 8.78 Å². The van der Waals surface area contributed by atoms with Crippen molar-refractivity contribution in [1.29, 1.82) is 0 Å². The number of pyridine rings is 1. The molecule has 0 aliphatic rings. The van der Waals surface area contributed by atoms with Crippen LogP contribution in [0.3, 0.4) is 0 Å². The number of halogens is 3. The van der Waals surface area contributed by atoms with E-state index in [-0.39, 0.29) is 5.02 Å². The molecule has 2 rings (SSSR count). The molecule has 3 N–H and O–H groups in total. The van der Waals surface area contributed by atoms with Crippen LogP contribution in [0.1, 0.15) is 17.2 Å². The van der Waals surface area contributed by atoms with E-state index in [0.717, 1.165) is 6.20 Å². The van der Waals surface area contributed by atoms with E-state index in [1.807, 2.05) is 0 Å². The topological polar surface area (TPSA) is 50.9 Å². The molecule has 0 aliphatic heterocycles. The van der Waals surface area contributed by atoms with Gasteiger partial charge in [-0.1, -0.05) is 17.7 Å². The number of nitrogens with zero attached hydrogens (tertiary/aromatic N) is 1. The van der Waals surface area contributed by atoms with Crippen LogP contribution in [0.4, 0.5) is 8.78 Å². The van der Waals surface area contributed by atoms with Crippen LogP contribution in [0.15, 0.2) is 36.7 Å². The van der Waals surface area contributed by atoms with Gasteiger partial charge < -0.3 is 0 Å². The molecular formula is C12H10ClF2N3. The molecule has 0 fully saturated rings. The van der Waals surface area contributed by atoms with Gasteiger partial charge in [-0.25, -0.2) is 14.2 Å². The molecule has 1 unspecified atom stereocenters. The second kappa shape index (κ2) is 5.39. The van der Waals surface area contributed by atoms with E-state index in [9.17, 15) is 8.78 Å². The van der Waals surface area contributed by atoms with E-state index in [4.69, 9.17) is 17.4 Å². The summed E-state index contributed by atoms with van der Waals surface area (Å²) < 4.78 is 26.7. The number of aromatic nitrogens is 1. The van der Waals surface area contributed by atoms with Crippen LogP contribution in [-0.2, 0) is 0 Å². The van der Waals surface area contributed by atoms with Crippen molar-refractivity contribution in [2.45, 2.75) is 6.04 Å². The van der Waals surface area contributed by atoms with E-state index in [2.05, 4.69) is 10.4 Å². The van der Waals surface area contributed by atoms with Crippen LogP contribution >= 0.6 is 11.6 Å². The van der Waals surface area contributed by atoms with E-state index < -0.39 is 17.7 Å². The van der Waals surface area contributed by atoms with Crippen molar-refractivity contribution in [2.75, 3.05) is 0 Å². The van der Waals surface area contributed by atoms with Crippen molar-refractivity contribution >= 4 is 11.6 Å². The minimum Gasteiger partial charge on any atom is -0.271 e. The second-order valence-corrected chi connectivity index (χ2v) is 4.08.